The Labute approximate surface area is 132 Å². The third-order valence-electron chi connectivity index (χ3n) is 3.24. The maximum Gasteiger partial charge on any atom is 0.123 e. The second-order valence-corrected chi connectivity index (χ2v) is 7.10. The number of hydrogen-bond donors (Lipinski definition) is 1. The van der Waals surface area contributed by atoms with E-state index in [2.05, 4.69) is 41.2 Å². The molecule has 0 aliphatic rings. The van der Waals surface area contributed by atoms with Gasteiger partial charge in [0.1, 0.15) is 5.82 Å². The average molecular weight is 356 g/mol. The molecule has 1 nitrogen and oxygen atoms in total. The van der Waals surface area contributed by atoms with Gasteiger partial charge in [0, 0.05) is 14.2 Å². The van der Waals surface area contributed by atoms with Gasteiger partial charge in [0.15, 0.2) is 0 Å². The quantitative estimate of drug-likeness (QED) is 0.761. The number of hydrogen-bond acceptors (Lipinski definition) is 2. The summed E-state index contributed by atoms with van der Waals surface area (Å²) in [7, 11) is 0. The standard InChI is InChI=1S/C16H19BrFNS/c1-4-7-19-15(16-14(17)9-11(3)20-16)13-6-5-12(18)8-10(13)2/h5-6,8-9,15,19H,4,7H2,1-3H3. The van der Waals surface area contributed by atoms with E-state index < -0.39 is 0 Å². The summed E-state index contributed by atoms with van der Waals surface area (Å²) in [5.41, 5.74) is 2.12. The minimum Gasteiger partial charge on any atom is -0.306 e. The summed E-state index contributed by atoms with van der Waals surface area (Å²) in [6, 6.07) is 7.28. The molecule has 0 aliphatic carbocycles. The largest absolute Gasteiger partial charge is 0.306 e. The zero-order chi connectivity index (χ0) is 14.7. The summed E-state index contributed by atoms with van der Waals surface area (Å²) in [6.07, 6.45) is 1.07. The molecule has 20 heavy (non-hydrogen) atoms. The highest BCUT2D eigenvalue weighted by Gasteiger charge is 2.20. The van der Waals surface area contributed by atoms with Gasteiger partial charge < -0.3 is 5.32 Å². The van der Waals surface area contributed by atoms with Crippen LogP contribution >= 0.6 is 27.3 Å². The van der Waals surface area contributed by atoms with Crippen LogP contribution in [0.5, 0.6) is 0 Å². The summed E-state index contributed by atoms with van der Waals surface area (Å²) in [6.45, 7) is 7.15. The van der Waals surface area contributed by atoms with Crippen LogP contribution in [0.15, 0.2) is 28.7 Å². The zero-order valence-electron chi connectivity index (χ0n) is 12.0. The van der Waals surface area contributed by atoms with Crippen molar-refractivity contribution in [1.82, 2.24) is 5.32 Å². The van der Waals surface area contributed by atoms with E-state index in [9.17, 15) is 4.39 Å². The van der Waals surface area contributed by atoms with Gasteiger partial charge in [0.25, 0.3) is 0 Å². The zero-order valence-corrected chi connectivity index (χ0v) is 14.4. The third-order valence-corrected chi connectivity index (χ3v) is 5.27. The Morgan fingerprint density at radius 2 is 2.05 bits per heavy atom. The molecule has 4 heteroatoms. The minimum atomic E-state index is -0.179. The summed E-state index contributed by atoms with van der Waals surface area (Å²) in [5.74, 6) is -0.179. The highest BCUT2D eigenvalue weighted by atomic mass is 79.9. The van der Waals surface area contributed by atoms with Crippen LogP contribution in [-0.2, 0) is 0 Å². The predicted molar refractivity (Wildman–Crippen MR) is 88.0 cm³/mol. The van der Waals surface area contributed by atoms with Gasteiger partial charge in [-0.2, -0.15) is 0 Å². The topological polar surface area (TPSA) is 12.0 Å². The van der Waals surface area contributed by atoms with Crippen LogP contribution in [0.3, 0.4) is 0 Å². The molecule has 0 radical (unpaired) electrons. The van der Waals surface area contributed by atoms with E-state index in [1.165, 1.54) is 15.8 Å². The van der Waals surface area contributed by atoms with E-state index in [1.807, 2.05) is 13.0 Å². The number of nitrogens with one attached hydrogen (secondary N) is 1. The van der Waals surface area contributed by atoms with Crippen LogP contribution < -0.4 is 5.32 Å². The Kier molecular flexibility index (Phi) is 5.35. The van der Waals surface area contributed by atoms with Crippen LogP contribution in [0.4, 0.5) is 4.39 Å². The lowest BCUT2D eigenvalue weighted by Gasteiger charge is -2.20. The Hall–Kier alpha value is -0.710. The van der Waals surface area contributed by atoms with Crippen LogP contribution in [0.1, 0.15) is 40.3 Å². The maximum atomic E-state index is 13.3. The van der Waals surface area contributed by atoms with Crippen molar-refractivity contribution in [1.29, 1.82) is 0 Å². The molecule has 1 unspecified atom stereocenters. The fourth-order valence-corrected chi connectivity index (χ4v) is 4.27. The first-order chi connectivity index (χ1) is 9.52. The van der Waals surface area contributed by atoms with E-state index in [-0.39, 0.29) is 11.9 Å². The van der Waals surface area contributed by atoms with Gasteiger partial charge in [0.05, 0.1) is 6.04 Å². The lowest BCUT2D eigenvalue weighted by atomic mass is 9.99. The van der Waals surface area contributed by atoms with Gasteiger partial charge in [-0.25, -0.2) is 4.39 Å². The molecule has 1 atom stereocenters. The summed E-state index contributed by atoms with van der Waals surface area (Å²) in [5, 5.41) is 3.57. The fourth-order valence-electron chi connectivity index (χ4n) is 2.29. The second-order valence-electron chi connectivity index (χ2n) is 4.96. The number of aryl methyl sites for hydroxylation is 2. The molecule has 0 fully saturated rings. The first-order valence-corrected chi connectivity index (χ1v) is 8.39. The summed E-state index contributed by atoms with van der Waals surface area (Å²) < 4.78 is 14.4. The fraction of sp³-hybridized carbons (Fsp3) is 0.375. The van der Waals surface area contributed by atoms with Gasteiger partial charge in [0.2, 0.25) is 0 Å². The molecular weight excluding hydrogens is 337 g/mol. The van der Waals surface area contributed by atoms with Gasteiger partial charge >= 0.3 is 0 Å². The smallest absolute Gasteiger partial charge is 0.123 e. The molecule has 1 heterocycles. The van der Waals surface area contributed by atoms with Gasteiger partial charge in [-0.3, -0.25) is 0 Å². The average Bonchev–Trinajstić information content (AvgIpc) is 2.71. The van der Waals surface area contributed by atoms with Crippen LogP contribution in [-0.4, -0.2) is 6.54 Å². The van der Waals surface area contributed by atoms with E-state index >= 15 is 0 Å². The van der Waals surface area contributed by atoms with Gasteiger partial charge in [-0.1, -0.05) is 13.0 Å². The van der Waals surface area contributed by atoms with Crippen LogP contribution in [0, 0.1) is 19.7 Å². The van der Waals surface area contributed by atoms with Crippen molar-refractivity contribution in [3.63, 3.8) is 0 Å². The number of thiophene rings is 1. The Morgan fingerprint density at radius 1 is 1.30 bits per heavy atom. The first kappa shape index (κ1) is 15.7. The molecule has 1 aromatic heterocycles. The van der Waals surface area contributed by atoms with E-state index in [0.717, 1.165) is 28.6 Å². The third kappa shape index (κ3) is 3.48. The van der Waals surface area contributed by atoms with Gasteiger partial charge in [-0.15, -0.1) is 11.3 Å². The molecule has 0 aliphatic heterocycles. The SMILES string of the molecule is CCCNC(c1ccc(F)cc1C)c1sc(C)cc1Br. The highest BCUT2D eigenvalue weighted by molar-refractivity contribution is 9.10. The molecule has 0 saturated heterocycles. The van der Waals surface area contributed by atoms with Crippen LogP contribution in [0.2, 0.25) is 0 Å². The van der Waals surface area contributed by atoms with Crippen molar-refractivity contribution in [2.45, 2.75) is 33.2 Å². The van der Waals surface area contributed by atoms with Crippen molar-refractivity contribution in [2.75, 3.05) is 6.54 Å². The second kappa shape index (κ2) is 6.83. The first-order valence-electron chi connectivity index (χ1n) is 6.78. The van der Waals surface area contributed by atoms with E-state index in [0.29, 0.717) is 0 Å². The van der Waals surface area contributed by atoms with Gasteiger partial charge in [-0.05, 0) is 72.1 Å². The molecular formula is C16H19BrFNS. The molecule has 0 spiro atoms. The Balaban J connectivity index is 2.44. The molecule has 1 N–H and O–H groups in total. The normalized spacial score (nSPS) is 12.7. The lowest BCUT2D eigenvalue weighted by Crippen LogP contribution is -2.23. The number of halogens is 2. The van der Waals surface area contributed by atoms with Crippen molar-refractivity contribution in [2.24, 2.45) is 0 Å². The Morgan fingerprint density at radius 3 is 2.60 bits per heavy atom. The lowest BCUT2D eigenvalue weighted by molar-refractivity contribution is 0.594. The van der Waals surface area contributed by atoms with Crippen molar-refractivity contribution >= 4 is 27.3 Å². The molecule has 108 valence electrons. The molecule has 0 saturated carbocycles. The molecule has 0 amide bonds. The monoisotopic (exact) mass is 355 g/mol. The predicted octanol–water partition coefficient (Wildman–Crippen LogP) is 5.36. The Bertz CT molecular complexity index is 594. The van der Waals surface area contributed by atoms with E-state index in [4.69, 9.17) is 0 Å². The van der Waals surface area contributed by atoms with E-state index in [1.54, 1.807) is 17.4 Å². The van der Waals surface area contributed by atoms with Crippen molar-refractivity contribution in [3.05, 3.63) is 55.4 Å². The summed E-state index contributed by atoms with van der Waals surface area (Å²) >= 11 is 5.42. The number of rotatable bonds is 5. The molecule has 2 aromatic rings. The molecule has 2 rings (SSSR count). The van der Waals surface area contributed by atoms with Crippen molar-refractivity contribution in [3.8, 4) is 0 Å². The molecule has 1 aromatic carbocycles. The number of benzene rings is 1. The summed E-state index contributed by atoms with van der Waals surface area (Å²) in [4.78, 5) is 2.53. The highest BCUT2D eigenvalue weighted by Crippen LogP contribution is 2.36. The maximum absolute atomic E-state index is 13.3. The minimum absolute atomic E-state index is 0.114. The van der Waals surface area contributed by atoms with Crippen molar-refractivity contribution < 1.29 is 4.39 Å². The molecule has 0 bridgehead atoms. The van der Waals surface area contributed by atoms with Crippen LogP contribution in [0.25, 0.3) is 0 Å².